The summed E-state index contributed by atoms with van der Waals surface area (Å²) in [6.45, 7) is 8.02. The van der Waals surface area contributed by atoms with Crippen molar-refractivity contribution < 1.29 is 14.6 Å². The number of hydrogen-bond acceptors (Lipinski definition) is 3. The predicted octanol–water partition coefficient (Wildman–Crippen LogP) is 2.47. The summed E-state index contributed by atoms with van der Waals surface area (Å²) in [5, 5.41) is 12.4. The van der Waals surface area contributed by atoms with Crippen molar-refractivity contribution >= 4 is 5.91 Å². The molecule has 4 heteroatoms. The molecule has 2 N–H and O–H groups in total. The minimum Gasteiger partial charge on any atom is -0.484 e. The van der Waals surface area contributed by atoms with E-state index in [1.54, 1.807) is 6.92 Å². The van der Waals surface area contributed by atoms with E-state index in [1.165, 1.54) is 5.56 Å². The lowest BCUT2D eigenvalue weighted by Gasteiger charge is -2.21. The molecule has 0 bridgehead atoms. The van der Waals surface area contributed by atoms with Crippen molar-refractivity contribution in [2.24, 2.45) is 0 Å². The van der Waals surface area contributed by atoms with Crippen LogP contribution in [0.4, 0.5) is 0 Å². The van der Waals surface area contributed by atoms with Crippen molar-refractivity contribution in [3.05, 3.63) is 29.8 Å². The summed E-state index contributed by atoms with van der Waals surface area (Å²) in [4.78, 5) is 11.6. The first-order valence-electron chi connectivity index (χ1n) is 7.06. The highest BCUT2D eigenvalue weighted by molar-refractivity contribution is 5.77. The first kappa shape index (κ1) is 16.5. The van der Waals surface area contributed by atoms with E-state index in [9.17, 15) is 9.90 Å². The van der Waals surface area contributed by atoms with Crippen molar-refractivity contribution in [1.29, 1.82) is 0 Å². The third kappa shape index (κ3) is 5.61. The molecule has 0 spiro atoms. The average Bonchev–Trinajstić information content (AvgIpc) is 2.43. The van der Waals surface area contributed by atoms with Gasteiger partial charge in [0.1, 0.15) is 5.75 Å². The van der Waals surface area contributed by atoms with Crippen LogP contribution in [-0.2, 0) is 4.79 Å². The van der Waals surface area contributed by atoms with E-state index in [2.05, 4.69) is 19.2 Å². The maximum absolute atomic E-state index is 11.6. The molecule has 0 heterocycles. The molecule has 0 saturated heterocycles. The van der Waals surface area contributed by atoms with Gasteiger partial charge >= 0.3 is 0 Å². The molecule has 0 aromatic heterocycles. The standard InChI is InChI=1S/C16H25NO3/c1-5-16(4,19)11-17-15(18)10-20-14-8-6-13(7-9-14)12(2)3/h6-9,12,19H,5,10-11H2,1-4H3,(H,17,18). The lowest BCUT2D eigenvalue weighted by atomic mass is 10.0. The van der Waals surface area contributed by atoms with Crippen LogP contribution in [-0.4, -0.2) is 29.8 Å². The number of hydrogen-bond donors (Lipinski definition) is 2. The van der Waals surface area contributed by atoms with Crippen molar-refractivity contribution in [1.82, 2.24) is 5.32 Å². The van der Waals surface area contributed by atoms with Crippen LogP contribution in [0.3, 0.4) is 0 Å². The van der Waals surface area contributed by atoms with Gasteiger partial charge in [0.2, 0.25) is 0 Å². The number of nitrogens with one attached hydrogen (secondary N) is 1. The lowest BCUT2D eigenvalue weighted by Crippen LogP contribution is -2.41. The van der Waals surface area contributed by atoms with E-state index in [0.29, 0.717) is 18.1 Å². The van der Waals surface area contributed by atoms with E-state index >= 15 is 0 Å². The molecule has 1 atom stereocenters. The molecule has 0 saturated carbocycles. The molecule has 0 aliphatic carbocycles. The number of carbonyl (C=O) groups is 1. The quantitative estimate of drug-likeness (QED) is 0.806. The van der Waals surface area contributed by atoms with Crippen molar-refractivity contribution in [2.45, 2.75) is 45.6 Å². The summed E-state index contributed by atoms with van der Waals surface area (Å²) in [6, 6.07) is 7.73. The molecule has 20 heavy (non-hydrogen) atoms. The lowest BCUT2D eigenvalue weighted by molar-refractivity contribution is -0.124. The number of aliphatic hydroxyl groups is 1. The summed E-state index contributed by atoms with van der Waals surface area (Å²) >= 11 is 0. The Morgan fingerprint density at radius 3 is 2.45 bits per heavy atom. The molecule has 112 valence electrons. The van der Waals surface area contributed by atoms with Crippen LogP contribution < -0.4 is 10.1 Å². The zero-order valence-electron chi connectivity index (χ0n) is 12.8. The molecule has 1 unspecified atom stereocenters. The van der Waals surface area contributed by atoms with Crippen molar-refractivity contribution in [3.63, 3.8) is 0 Å². The van der Waals surface area contributed by atoms with Crippen LogP contribution in [0.25, 0.3) is 0 Å². The van der Waals surface area contributed by atoms with Gasteiger partial charge in [-0.1, -0.05) is 32.9 Å². The first-order chi connectivity index (χ1) is 9.34. The van der Waals surface area contributed by atoms with Gasteiger partial charge < -0.3 is 15.2 Å². The third-order valence-electron chi connectivity index (χ3n) is 3.34. The zero-order valence-corrected chi connectivity index (χ0v) is 12.8. The number of rotatable bonds is 7. The Morgan fingerprint density at radius 1 is 1.35 bits per heavy atom. The minimum atomic E-state index is -0.866. The molecule has 0 radical (unpaired) electrons. The van der Waals surface area contributed by atoms with E-state index < -0.39 is 5.60 Å². The average molecular weight is 279 g/mol. The van der Waals surface area contributed by atoms with Gasteiger partial charge in [-0.25, -0.2) is 0 Å². The highest BCUT2D eigenvalue weighted by atomic mass is 16.5. The largest absolute Gasteiger partial charge is 0.484 e. The fourth-order valence-electron chi connectivity index (χ4n) is 1.56. The van der Waals surface area contributed by atoms with Crippen molar-refractivity contribution in [2.75, 3.05) is 13.2 Å². The van der Waals surface area contributed by atoms with Crippen LogP contribution in [0, 0.1) is 0 Å². The topological polar surface area (TPSA) is 58.6 Å². The van der Waals surface area contributed by atoms with Crippen LogP contribution in [0.2, 0.25) is 0 Å². The molecular weight excluding hydrogens is 254 g/mol. The van der Waals surface area contributed by atoms with Gasteiger partial charge in [-0.3, -0.25) is 4.79 Å². The number of carbonyl (C=O) groups excluding carboxylic acids is 1. The van der Waals surface area contributed by atoms with E-state index in [0.717, 1.165) is 0 Å². The first-order valence-corrected chi connectivity index (χ1v) is 7.06. The maximum Gasteiger partial charge on any atom is 0.258 e. The molecule has 0 aliphatic heterocycles. The molecule has 0 fully saturated rings. The summed E-state index contributed by atoms with van der Waals surface area (Å²) in [7, 11) is 0. The monoisotopic (exact) mass is 279 g/mol. The molecular formula is C16H25NO3. The zero-order chi connectivity index (χ0) is 15.2. The summed E-state index contributed by atoms with van der Waals surface area (Å²) < 4.78 is 5.41. The fourth-order valence-corrected chi connectivity index (χ4v) is 1.56. The second kappa shape index (κ2) is 7.29. The van der Waals surface area contributed by atoms with E-state index in [-0.39, 0.29) is 19.1 Å². The van der Waals surface area contributed by atoms with Crippen molar-refractivity contribution in [3.8, 4) is 5.75 Å². The van der Waals surface area contributed by atoms with Gasteiger partial charge in [0.15, 0.2) is 6.61 Å². The van der Waals surface area contributed by atoms with Crippen LogP contribution in [0.5, 0.6) is 5.75 Å². The minimum absolute atomic E-state index is 0.0409. The van der Waals surface area contributed by atoms with Gasteiger partial charge in [-0.05, 0) is 37.0 Å². The Labute approximate surface area is 121 Å². The Kier molecular flexibility index (Phi) is 6.02. The number of benzene rings is 1. The normalized spacial score (nSPS) is 13.9. The molecule has 1 aromatic carbocycles. The maximum atomic E-state index is 11.6. The Balaban J connectivity index is 2.37. The van der Waals surface area contributed by atoms with Gasteiger partial charge in [0, 0.05) is 6.54 Å². The second-order valence-corrected chi connectivity index (χ2v) is 5.64. The molecule has 0 aliphatic rings. The molecule has 1 amide bonds. The highest BCUT2D eigenvalue weighted by Crippen LogP contribution is 2.18. The molecule has 4 nitrogen and oxygen atoms in total. The third-order valence-corrected chi connectivity index (χ3v) is 3.34. The summed E-state index contributed by atoms with van der Waals surface area (Å²) in [5.74, 6) is 0.919. The van der Waals surface area contributed by atoms with Crippen LogP contribution in [0.1, 0.15) is 45.6 Å². The molecule has 1 rings (SSSR count). The van der Waals surface area contributed by atoms with Gasteiger partial charge in [0.25, 0.3) is 5.91 Å². The SMILES string of the molecule is CCC(C)(O)CNC(=O)COc1ccc(C(C)C)cc1. The summed E-state index contributed by atoms with van der Waals surface area (Å²) in [5.41, 5.74) is 0.370. The molecule has 1 aromatic rings. The summed E-state index contributed by atoms with van der Waals surface area (Å²) in [6.07, 6.45) is 0.588. The Morgan fingerprint density at radius 2 is 1.95 bits per heavy atom. The van der Waals surface area contributed by atoms with Gasteiger partial charge in [-0.15, -0.1) is 0 Å². The van der Waals surface area contributed by atoms with Crippen LogP contribution in [0.15, 0.2) is 24.3 Å². The second-order valence-electron chi connectivity index (χ2n) is 5.64. The Bertz CT molecular complexity index is 424. The fraction of sp³-hybridized carbons (Fsp3) is 0.562. The van der Waals surface area contributed by atoms with Gasteiger partial charge in [0.05, 0.1) is 5.60 Å². The van der Waals surface area contributed by atoms with E-state index in [1.807, 2.05) is 31.2 Å². The Hall–Kier alpha value is -1.55. The number of ether oxygens (including phenoxy) is 1. The predicted molar refractivity (Wildman–Crippen MR) is 80.0 cm³/mol. The highest BCUT2D eigenvalue weighted by Gasteiger charge is 2.18. The van der Waals surface area contributed by atoms with E-state index in [4.69, 9.17) is 4.74 Å². The van der Waals surface area contributed by atoms with Gasteiger partial charge in [-0.2, -0.15) is 0 Å². The van der Waals surface area contributed by atoms with Crippen LogP contribution >= 0.6 is 0 Å². The number of amides is 1. The smallest absolute Gasteiger partial charge is 0.258 e.